The van der Waals surface area contributed by atoms with Crippen LogP contribution in [0.15, 0.2) is 18.2 Å². The summed E-state index contributed by atoms with van der Waals surface area (Å²) in [4.78, 5) is 22.9. The predicted octanol–water partition coefficient (Wildman–Crippen LogP) is 1.30. The molecule has 1 amide bonds. The van der Waals surface area contributed by atoms with Gasteiger partial charge in [-0.2, -0.15) is 12.6 Å². The van der Waals surface area contributed by atoms with Gasteiger partial charge in [-0.15, -0.1) is 0 Å². The van der Waals surface area contributed by atoms with Crippen LogP contribution in [0.2, 0.25) is 0 Å². The average Bonchev–Trinajstić information content (AvgIpc) is 2.91. The molecule has 0 fully saturated rings. The molecule has 0 bridgehead atoms. The van der Waals surface area contributed by atoms with Crippen LogP contribution in [-0.2, 0) is 22.4 Å². The molecule has 0 spiro atoms. The summed E-state index contributed by atoms with van der Waals surface area (Å²) in [6.45, 7) is 2.15. The molecule has 1 unspecified atom stereocenters. The lowest BCUT2D eigenvalue weighted by molar-refractivity contribution is -0.141. The fourth-order valence-corrected chi connectivity index (χ4v) is 2.58. The van der Waals surface area contributed by atoms with Crippen molar-refractivity contribution in [3.8, 4) is 5.75 Å². The molecule has 5 nitrogen and oxygen atoms in total. The molecular weight excluding hydrogens is 290 g/mol. The van der Waals surface area contributed by atoms with Gasteiger partial charge in [-0.1, -0.05) is 12.1 Å². The monoisotopic (exact) mass is 309 g/mol. The van der Waals surface area contributed by atoms with Gasteiger partial charge in [-0.25, -0.2) is 0 Å². The Morgan fingerprint density at radius 2 is 2.24 bits per heavy atom. The lowest BCUT2D eigenvalue weighted by Crippen LogP contribution is -2.42. The summed E-state index contributed by atoms with van der Waals surface area (Å²) in [5.74, 6) is -0.403. The molecule has 1 aromatic carbocycles. The highest BCUT2D eigenvalue weighted by atomic mass is 32.1. The van der Waals surface area contributed by atoms with Crippen LogP contribution in [0.5, 0.6) is 5.75 Å². The van der Waals surface area contributed by atoms with E-state index in [0.29, 0.717) is 18.8 Å². The molecule has 1 aliphatic rings. The molecule has 0 saturated heterocycles. The lowest BCUT2D eigenvalue weighted by atomic mass is 9.97. The molecule has 2 atom stereocenters. The molecule has 1 heterocycles. The van der Waals surface area contributed by atoms with Gasteiger partial charge in [0.05, 0.1) is 12.5 Å². The number of carbonyl (C=O) groups excluding carboxylic acids is 1. The first-order chi connectivity index (χ1) is 10.0. The third-order valence-corrected chi connectivity index (χ3v) is 4.00. The number of carbonyl (C=O) groups is 2. The van der Waals surface area contributed by atoms with E-state index in [4.69, 9.17) is 9.84 Å². The number of hydrogen-bond acceptors (Lipinski definition) is 4. The fraction of sp³-hybridized carbons (Fsp3) is 0.467. The minimum absolute atomic E-state index is 0.281. The summed E-state index contributed by atoms with van der Waals surface area (Å²) in [6, 6.07) is 5.01. The quantitative estimate of drug-likeness (QED) is 0.692. The van der Waals surface area contributed by atoms with Crippen molar-refractivity contribution in [1.82, 2.24) is 5.32 Å². The Hall–Kier alpha value is -1.69. The van der Waals surface area contributed by atoms with Gasteiger partial charge in [0, 0.05) is 12.2 Å². The van der Waals surface area contributed by atoms with Crippen molar-refractivity contribution in [1.29, 1.82) is 0 Å². The molecule has 0 aliphatic carbocycles. The minimum atomic E-state index is -1.05. The van der Waals surface area contributed by atoms with Gasteiger partial charge in [-0.3, -0.25) is 9.59 Å². The van der Waals surface area contributed by atoms with E-state index >= 15 is 0 Å². The predicted molar refractivity (Wildman–Crippen MR) is 81.9 cm³/mol. The van der Waals surface area contributed by atoms with Crippen molar-refractivity contribution in [3.63, 3.8) is 0 Å². The fourth-order valence-electron chi connectivity index (χ4n) is 2.28. The molecule has 0 aromatic heterocycles. The normalized spacial score (nSPS) is 15.7. The summed E-state index contributed by atoms with van der Waals surface area (Å²) in [6.07, 6.45) is 1.42. The van der Waals surface area contributed by atoms with Crippen LogP contribution >= 0.6 is 12.6 Å². The third kappa shape index (κ3) is 3.91. The maximum absolute atomic E-state index is 12.1. The number of nitrogens with one attached hydrogen (secondary N) is 1. The third-order valence-electron chi connectivity index (χ3n) is 3.56. The minimum Gasteiger partial charge on any atom is -0.493 e. The van der Waals surface area contributed by atoms with E-state index in [1.807, 2.05) is 18.2 Å². The van der Waals surface area contributed by atoms with Crippen LogP contribution in [0.25, 0.3) is 0 Å². The molecule has 114 valence electrons. The zero-order valence-electron chi connectivity index (χ0n) is 11.8. The molecular formula is C15H19NO4S. The lowest BCUT2D eigenvalue weighted by Gasteiger charge is -2.17. The molecule has 6 heteroatoms. The van der Waals surface area contributed by atoms with E-state index in [9.17, 15) is 9.59 Å². The van der Waals surface area contributed by atoms with Crippen molar-refractivity contribution < 1.29 is 19.4 Å². The van der Waals surface area contributed by atoms with Gasteiger partial charge >= 0.3 is 5.97 Å². The highest BCUT2D eigenvalue weighted by Gasteiger charge is 2.22. The Kier molecular flexibility index (Phi) is 5.12. The molecule has 0 saturated carbocycles. The summed E-state index contributed by atoms with van der Waals surface area (Å²) < 4.78 is 5.45. The van der Waals surface area contributed by atoms with Gasteiger partial charge in [-0.05, 0) is 30.5 Å². The van der Waals surface area contributed by atoms with Crippen molar-refractivity contribution in [2.24, 2.45) is 5.92 Å². The van der Waals surface area contributed by atoms with Crippen molar-refractivity contribution >= 4 is 24.5 Å². The van der Waals surface area contributed by atoms with Crippen LogP contribution in [0.1, 0.15) is 18.1 Å². The van der Waals surface area contributed by atoms with Gasteiger partial charge < -0.3 is 15.2 Å². The van der Waals surface area contributed by atoms with Gasteiger partial charge in [0.2, 0.25) is 5.91 Å². The van der Waals surface area contributed by atoms with Crippen LogP contribution in [0, 0.1) is 5.92 Å². The second-order valence-electron chi connectivity index (χ2n) is 5.19. The number of carboxylic acid groups (broad SMARTS) is 1. The maximum atomic E-state index is 12.1. The molecule has 1 aliphatic heterocycles. The Balaban J connectivity index is 2.01. The van der Waals surface area contributed by atoms with Crippen LogP contribution in [0.4, 0.5) is 0 Å². The number of hydrogen-bond donors (Lipinski definition) is 3. The molecule has 2 N–H and O–H groups in total. The van der Waals surface area contributed by atoms with E-state index in [2.05, 4.69) is 17.9 Å². The largest absolute Gasteiger partial charge is 0.493 e. The van der Waals surface area contributed by atoms with Crippen LogP contribution in [-0.4, -0.2) is 35.4 Å². The number of amides is 1. The number of rotatable bonds is 6. The topological polar surface area (TPSA) is 75.6 Å². The standard InChI is InChI=1S/C15H19NO4S/c1-9(15(18)19)16-14(17)12(8-21)7-10-2-3-13-11(6-10)4-5-20-13/h2-3,6,9,12,21H,4-5,7-8H2,1H3,(H,16,17)(H,18,19)/t9-,12?/m0/s1. The smallest absolute Gasteiger partial charge is 0.325 e. The highest BCUT2D eigenvalue weighted by molar-refractivity contribution is 7.80. The Labute approximate surface area is 129 Å². The first kappa shape index (κ1) is 15.7. The summed E-state index contributed by atoms with van der Waals surface area (Å²) in [7, 11) is 0. The second kappa shape index (κ2) is 6.85. The van der Waals surface area contributed by atoms with E-state index in [1.54, 1.807) is 0 Å². The number of aliphatic carboxylic acids is 1. The zero-order valence-corrected chi connectivity index (χ0v) is 12.7. The number of thiol groups is 1. The van der Waals surface area contributed by atoms with E-state index in [-0.39, 0.29) is 11.8 Å². The molecule has 2 rings (SSSR count). The Morgan fingerprint density at radius 1 is 1.48 bits per heavy atom. The van der Waals surface area contributed by atoms with Crippen molar-refractivity contribution in [2.75, 3.05) is 12.4 Å². The van der Waals surface area contributed by atoms with E-state index in [0.717, 1.165) is 23.3 Å². The maximum Gasteiger partial charge on any atom is 0.325 e. The number of benzene rings is 1. The SMILES string of the molecule is C[C@H](NC(=O)C(CS)Cc1ccc2c(c1)CCO2)C(=O)O. The Bertz CT molecular complexity index is 546. The van der Waals surface area contributed by atoms with Crippen molar-refractivity contribution in [3.05, 3.63) is 29.3 Å². The van der Waals surface area contributed by atoms with E-state index in [1.165, 1.54) is 6.92 Å². The highest BCUT2D eigenvalue weighted by Crippen LogP contribution is 2.27. The van der Waals surface area contributed by atoms with Gasteiger partial charge in [0.15, 0.2) is 0 Å². The first-order valence-corrected chi connectivity index (χ1v) is 7.53. The average molecular weight is 309 g/mol. The van der Waals surface area contributed by atoms with Crippen molar-refractivity contribution in [2.45, 2.75) is 25.8 Å². The zero-order chi connectivity index (χ0) is 15.4. The molecule has 0 radical (unpaired) electrons. The van der Waals surface area contributed by atoms with Gasteiger partial charge in [0.1, 0.15) is 11.8 Å². The molecule has 21 heavy (non-hydrogen) atoms. The van der Waals surface area contributed by atoms with E-state index < -0.39 is 12.0 Å². The summed E-state index contributed by atoms with van der Waals surface area (Å²) in [5, 5.41) is 11.3. The summed E-state index contributed by atoms with van der Waals surface area (Å²) in [5.41, 5.74) is 2.20. The second-order valence-corrected chi connectivity index (χ2v) is 5.56. The van der Waals surface area contributed by atoms with Crippen LogP contribution < -0.4 is 10.1 Å². The number of ether oxygens (including phenoxy) is 1. The van der Waals surface area contributed by atoms with Crippen LogP contribution in [0.3, 0.4) is 0 Å². The number of carboxylic acids is 1. The van der Waals surface area contributed by atoms with Gasteiger partial charge in [0.25, 0.3) is 0 Å². The molecule has 1 aromatic rings. The summed E-state index contributed by atoms with van der Waals surface area (Å²) >= 11 is 4.21. The first-order valence-electron chi connectivity index (χ1n) is 6.90. The Morgan fingerprint density at radius 3 is 2.90 bits per heavy atom. The number of fused-ring (bicyclic) bond motifs is 1.